The molecule has 1 aromatic rings. The molecule has 2 nitrogen and oxygen atoms in total. The first-order valence-electron chi connectivity index (χ1n) is 7.61. The first-order valence-corrected chi connectivity index (χ1v) is 7.61. The molecule has 1 saturated carbocycles. The maximum atomic E-state index is 6.06. The van der Waals surface area contributed by atoms with Crippen LogP contribution in [0.4, 0.5) is 11.4 Å². The van der Waals surface area contributed by atoms with E-state index in [4.69, 9.17) is 5.73 Å². The van der Waals surface area contributed by atoms with Crippen LogP contribution in [0.3, 0.4) is 0 Å². The van der Waals surface area contributed by atoms with Crippen LogP contribution in [-0.2, 0) is 0 Å². The maximum Gasteiger partial charge on any atom is 0.0576 e. The Labute approximate surface area is 117 Å². The van der Waals surface area contributed by atoms with Gasteiger partial charge < -0.3 is 11.1 Å². The summed E-state index contributed by atoms with van der Waals surface area (Å²) in [6, 6.07) is 6.23. The van der Waals surface area contributed by atoms with Crippen molar-refractivity contribution in [3.63, 3.8) is 0 Å². The topological polar surface area (TPSA) is 38.0 Å². The van der Waals surface area contributed by atoms with Crippen LogP contribution >= 0.6 is 0 Å². The van der Waals surface area contributed by atoms with Gasteiger partial charge in [-0.2, -0.15) is 0 Å². The summed E-state index contributed by atoms with van der Waals surface area (Å²) in [5.41, 5.74) is 9.78. The Kier molecular flexibility index (Phi) is 4.38. The van der Waals surface area contributed by atoms with Gasteiger partial charge in [-0.25, -0.2) is 0 Å². The summed E-state index contributed by atoms with van der Waals surface area (Å²) in [4.78, 5) is 0. The highest BCUT2D eigenvalue weighted by molar-refractivity contribution is 5.67. The van der Waals surface area contributed by atoms with E-state index in [-0.39, 0.29) is 0 Å². The number of hydrogen-bond donors (Lipinski definition) is 2. The Hall–Kier alpha value is -1.18. The number of hydrogen-bond acceptors (Lipinski definition) is 2. The van der Waals surface area contributed by atoms with Gasteiger partial charge in [-0.1, -0.05) is 32.8 Å². The number of anilines is 2. The highest BCUT2D eigenvalue weighted by atomic mass is 14.9. The Bertz CT molecular complexity index is 417. The monoisotopic (exact) mass is 260 g/mol. The summed E-state index contributed by atoms with van der Waals surface area (Å²) in [6.07, 6.45) is 6.83. The second kappa shape index (κ2) is 5.85. The molecule has 2 heteroatoms. The van der Waals surface area contributed by atoms with Gasteiger partial charge in [-0.15, -0.1) is 0 Å². The zero-order valence-corrected chi connectivity index (χ0v) is 12.6. The average Bonchev–Trinajstić information content (AvgIpc) is 2.78. The van der Waals surface area contributed by atoms with Crippen molar-refractivity contribution in [3.8, 4) is 0 Å². The van der Waals surface area contributed by atoms with Gasteiger partial charge in [0.25, 0.3) is 0 Å². The predicted molar refractivity (Wildman–Crippen MR) is 84.4 cm³/mol. The van der Waals surface area contributed by atoms with E-state index in [0.717, 1.165) is 23.8 Å². The quantitative estimate of drug-likeness (QED) is 0.760. The van der Waals surface area contributed by atoms with Crippen molar-refractivity contribution in [1.82, 2.24) is 0 Å². The molecule has 0 saturated heterocycles. The molecule has 106 valence electrons. The molecular formula is C17H28N2. The number of nitrogens with one attached hydrogen (secondary N) is 1. The minimum atomic E-state index is 0.490. The van der Waals surface area contributed by atoms with Gasteiger partial charge in [0.15, 0.2) is 0 Å². The van der Waals surface area contributed by atoms with E-state index in [0.29, 0.717) is 5.41 Å². The highest BCUT2D eigenvalue weighted by Crippen LogP contribution is 2.43. The minimum absolute atomic E-state index is 0.490. The van der Waals surface area contributed by atoms with E-state index < -0.39 is 0 Å². The molecule has 0 aliphatic heterocycles. The van der Waals surface area contributed by atoms with Gasteiger partial charge in [0.1, 0.15) is 0 Å². The molecular weight excluding hydrogens is 232 g/mol. The summed E-state index contributed by atoms with van der Waals surface area (Å²) in [7, 11) is 0. The fraction of sp³-hybridized carbons (Fsp3) is 0.647. The van der Waals surface area contributed by atoms with Crippen LogP contribution in [0.2, 0.25) is 0 Å². The first kappa shape index (κ1) is 14.2. The van der Waals surface area contributed by atoms with Gasteiger partial charge >= 0.3 is 0 Å². The molecule has 0 radical (unpaired) electrons. The lowest BCUT2D eigenvalue weighted by Crippen LogP contribution is -2.28. The molecule has 1 fully saturated rings. The van der Waals surface area contributed by atoms with E-state index in [1.54, 1.807) is 0 Å². The zero-order chi connectivity index (χ0) is 13.9. The third-order valence-electron chi connectivity index (χ3n) is 4.37. The lowest BCUT2D eigenvalue weighted by Gasteiger charge is -2.32. The molecule has 1 aliphatic carbocycles. The molecule has 0 atom stereocenters. The van der Waals surface area contributed by atoms with Gasteiger partial charge in [0, 0.05) is 6.54 Å². The van der Waals surface area contributed by atoms with Crippen molar-refractivity contribution in [3.05, 3.63) is 23.8 Å². The average molecular weight is 260 g/mol. The summed E-state index contributed by atoms with van der Waals surface area (Å²) in [6.45, 7) is 7.85. The van der Waals surface area contributed by atoms with E-state index in [1.807, 2.05) is 6.07 Å². The predicted octanol–water partition coefficient (Wildman–Crippen LogP) is 4.60. The third kappa shape index (κ3) is 3.65. The Balaban J connectivity index is 2.04. The number of rotatable bonds is 5. The smallest absolute Gasteiger partial charge is 0.0576 e. The van der Waals surface area contributed by atoms with Crippen LogP contribution in [0, 0.1) is 18.3 Å². The summed E-state index contributed by atoms with van der Waals surface area (Å²) in [5, 5.41) is 3.62. The highest BCUT2D eigenvalue weighted by Gasteiger charge is 2.34. The van der Waals surface area contributed by atoms with E-state index >= 15 is 0 Å². The van der Waals surface area contributed by atoms with Crippen molar-refractivity contribution in [1.29, 1.82) is 0 Å². The second-order valence-corrected chi connectivity index (χ2v) is 6.75. The van der Waals surface area contributed by atoms with Gasteiger partial charge in [-0.3, -0.25) is 0 Å². The molecule has 0 heterocycles. The van der Waals surface area contributed by atoms with Crippen LogP contribution in [0.5, 0.6) is 0 Å². The van der Waals surface area contributed by atoms with Crippen molar-refractivity contribution < 1.29 is 0 Å². The SMILES string of the molecule is Cc1ccc(N)c(NCC2(CC(C)C)CCCC2)c1. The van der Waals surface area contributed by atoms with Crippen LogP contribution < -0.4 is 11.1 Å². The van der Waals surface area contributed by atoms with Crippen LogP contribution in [0.15, 0.2) is 18.2 Å². The maximum absolute atomic E-state index is 6.06. The second-order valence-electron chi connectivity index (χ2n) is 6.75. The molecule has 0 unspecified atom stereocenters. The molecule has 2 rings (SSSR count). The van der Waals surface area contributed by atoms with Crippen molar-refractivity contribution in [2.24, 2.45) is 11.3 Å². The van der Waals surface area contributed by atoms with Crippen molar-refractivity contribution in [2.45, 2.75) is 52.9 Å². The molecule has 0 spiro atoms. The summed E-state index contributed by atoms with van der Waals surface area (Å²) < 4.78 is 0. The number of nitrogen functional groups attached to an aromatic ring is 1. The third-order valence-corrected chi connectivity index (χ3v) is 4.37. The number of nitrogens with two attached hydrogens (primary N) is 1. The van der Waals surface area contributed by atoms with E-state index in [9.17, 15) is 0 Å². The van der Waals surface area contributed by atoms with Crippen molar-refractivity contribution in [2.75, 3.05) is 17.6 Å². The van der Waals surface area contributed by atoms with Crippen molar-refractivity contribution >= 4 is 11.4 Å². The lowest BCUT2D eigenvalue weighted by molar-refractivity contribution is 0.252. The summed E-state index contributed by atoms with van der Waals surface area (Å²) in [5.74, 6) is 0.773. The Morgan fingerprint density at radius 3 is 2.58 bits per heavy atom. The zero-order valence-electron chi connectivity index (χ0n) is 12.6. The van der Waals surface area contributed by atoms with Crippen LogP contribution in [0.1, 0.15) is 51.5 Å². The molecule has 0 bridgehead atoms. The standard InChI is InChI=1S/C17H28N2/c1-13(2)11-17(8-4-5-9-17)12-19-16-10-14(3)6-7-15(16)18/h6-7,10,13,19H,4-5,8-9,11-12,18H2,1-3H3. The molecule has 3 N–H and O–H groups in total. The van der Waals surface area contributed by atoms with Crippen LogP contribution in [0.25, 0.3) is 0 Å². The van der Waals surface area contributed by atoms with Crippen LogP contribution in [-0.4, -0.2) is 6.54 Å². The molecule has 1 aromatic carbocycles. The fourth-order valence-corrected chi connectivity index (χ4v) is 3.55. The number of aryl methyl sites for hydroxylation is 1. The van der Waals surface area contributed by atoms with E-state index in [2.05, 4.69) is 38.2 Å². The molecule has 19 heavy (non-hydrogen) atoms. The Morgan fingerprint density at radius 2 is 1.95 bits per heavy atom. The van der Waals surface area contributed by atoms with Gasteiger partial charge in [-0.05, 0) is 55.2 Å². The molecule has 0 amide bonds. The largest absolute Gasteiger partial charge is 0.397 e. The lowest BCUT2D eigenvalue weighted by atomic mass is 9.78. The number of benzene rings is 1. The molecule has 0 aromatic heterocycles. The van der Waals surface area contributed by atoms with Gasteiger partial charge in [0.05, 0.1) is 11.4 Å². The normalized spacial score (nSPS) is 17.9. The first-order chi connectivity index (χ1) is 9.01. The Morgan fingerprint density at radius 1 is 1.26 bits per heavy atom. The van der Waals surface area contributed by atoms with Gasteiger partial charge in [0.2, 0.25) is 0 Å². The summed E-state index contributed by atoms with van der Waals surface area (Å²) >= 11 is 0. The van der Waals surface area contributed by atoms with E-state index in [1.165, 1.54) is 37.7 Å². The minimum Gasteiger partial charge on any atom is -0.397 e. The molecule has 1 aliphatic rings. The fourth-order valence-electron chi connectivity index (χ4n) is 3.55.